The molecule has 0 saturated carbocycles. The average Bonchev–Trinajstić information content (AvgIpc) is 3.35. The topological polar surface area (TPSA) is 131 Å². The van der Waals surface area contributed by atoms with Crippen molar-refractivity contribution in [2.75, 3.05) is 6.54 Å². The summed E-state index contributed by atoms with van der Waals surface area (Å²) in [6, 6.07) is 4.44. The van der Waals surface area contributed by atoms with Gasteiger partial charge in [0.1, 0.15) is 12.9 Å². The molecule has 4 rings (SSSR count). The SMILES string of the molecule is CC(NC(=O)c1n[nH]c2c1CCN(C(=O)Cn1ccccc1=O)C2)c1nncn1C. The number of aryl methyl sites for hydroxylation is 1. The quantitative estimate of drug-likeness (QED) is 0.598. The van der Waals surface area contributed by atoms with E-state index in [2.05, 4.69) is 25.7 Å². The van der Waals surface area contributed by atoms with Gasteiger partial charge in [0.2, 0.25) is 5.91 Å². The van der Waals surface area contributed by atoms with Crippen LogP contribution in [0.25, 0.3) is 0 Å². The Bertz CT molecular complexity index is 1140. The second-order valence-electron chi connectivity index (χ2n) is 7.26. The summed E-state index contributed by atoms with van der Waals surface area (Å²) in [7, 11) is 1.81. The molecule has 30 heavy (non-hydrogen) atoms. The van der Waals surface area contributed by atoms with Gasteiger partial charge in [-0.15, -0.1) is 10.2 Å². The highest BCUT2D eigenvalue weighted by Crippen LogP contribution is 2.21. The number of H-pyrrole nitrogens is 1. The largest absolute Gasteiger partial charge is 0.341 e. The fraction of sp³-hybridized carbons (Fsp3) is 0.368. The van der Waals surface area contributed by atoms with Crippen LogP contribution in [0.5, 0.6) is 0 Å². The number of nitrogens with one attached hydrogen (secondary N) is 2. The monoisotopic (exact) mass is 410 g/mol. The molecule has 1 aliphatic rings. The highest BCUT2D eigenvalue weighted by Gasteiger charge is 2.28. The first-order chi connectivity index (χ1) is 14.4. The number of aromatic amines is 1. The second-order valence-corrected chi connectivity index (χ2v) is 7.26. The predicted octanol–water partition coefficient (Wildman–Crippen LogP) is -0.224. The molecule has 3 aromatic heterocycles. The highest BCUT2D eigenvalue weighted by atomic mass is 16.2. The third-order valence-corrected chi connectivity index (χ3v) is 5.19. The normalized spacial score (nSPS) is 14.3. The minimum atomic E-state index is -0.330. The van der Waals surface area contributed by atoms with E-state index in [9.17, 15) is 14.4 Å². The van der Waals surface area contributed by atoms with Crippen LogP contribution < -0.4 is 10.9 Å². The number of carbonyl (C=O) groups is 2. The van der Waals surface area contributed by atoms with Crippen LogP contribution in [0.4, 0.5) is 0 Å². The first kappa shape index (κ1) is 19.6. The van der Waals surface area contributed by atoms with Crippen LogP contribution in [0.15, 0.2) is 35.5 Å². The van der Waals surface area contributed by atoms with Crippen molar-refractivity contribution in [2.45, 2.75) is 32.5 Å². The Hall–Kier alpha value is -3.76. The van der Waals surface area contributed by atoms with Gasteiger partial charge in [0, 0.05) is 31.4 Å². The van der Waals surface area contributed by atoms with Crippen LogP contribution in [0, 0.1) is 0 Å². The van der Waals surface area contributed by atoms with Gasteiger partial charge in [-0.25, -0.2) is 0 Å². The van der Waals surface area contributed by atoms with Crippen molar-refractivity contribution in [3.63, 3.8) is 0 Å². The van der Waals surface area contributed by atoms with Crippen LogP contribution in [0.3, 0.4) is 0 Å². The van der Waals surface area contributed by atoms with E-state index in [0.29, 0.717) is 31.0 Å². The number of nitrogens with zero attached hydrogens (tertiary/aromatic N) is 6. The molecule has 11 nitrogen and oxygen atoms in total. The molecule has 3 aromatic rings. The Morgan fingerprint density at radius 2 is 2.17 bits per heavy atom. The summed E-state index contributed by atoms with van der Waals surface area (Å²) in [6.45, 7) is 2.57. The highest BCUT2D eigenvalue weighted by molar-refractivity contribution is 5.94. The zero-order valence-corrected chi connectivity index (χ0v) is 16.7. The fourth-order valence-electron chi connectivity index (χ4n) is 3.57. The molecule has 0 radical (unpaired) electrons. The maximum absolute atomic E-state index is 12.7. The lowest BCUT2D eigenvalue weighted by Crippen LogP contribution is -2.40. The van der Waals surface area contributed by atoms with E-state index < -0.39 is 0 Å². The summed E-state index contributed by atoms with van der Waals surface area (Å²) < 4.78 is 3.12. The van der Waals surface area contributed by atoms with Gasteiger partial charge in [-0.2, -0.15) is 5.10 Å². The van der Waals surface area contributed by atoms with Gasteiger partial charge in [0.25, 0.3) is 11.5 Å². The van der Waals surface area contributed by atoms with E-state index in [0.717, 1.165) is 11.3 Å². The van der Waals surface area contributed by atoms with E-state index in [1.54, 1.807) is 34.1 Å². The molecular weight excluding hydrogens is 388 g/mol. The molecule has 0 bridgehead atoms. The first-order valence-electron chi connectivity index (χ1n) is 9.58. The number of fused-ring (bicyclic) bond motifs is 1. The number of pyridine rings is 1. The summed E-state index contributed by atoms with van der Waals surface area (Å²) in [6.07, 6.45) is 3.67. The third kappa shape index (κ3) is 3.73. The van der Waals surface area contributed by atoms with Gasteiger partial charge in [-0.3, -0.25) is 19.5 Å². The fourth-order valence-corrected chi connectivity index (χ4v) is 3.57. The zero-order chi connectivity index (χ0) is 21.3. The van der Waals surface area contributed by atoms with Gasteiger partial charge in [0.15, 0.2) is 11.5 Å². The minimum absolute atomic E-state index is 0.0221. The summed E-state index contributed by atoms with van der Waals surface area (Å²) >= 11 is 0. The molecule has 2 amide bonds. The molecule has 1 aliphatic heterocycles. The lowest BCUT2D eigenvalue weighted by Gasteiger charge is -2.27. The molecule has 0 aromatic carbocycles. The molecule has 0 saturated heterocycles. The first-order valence-corrected chi connectivity index (χ1v) is 9.58. The van der Waals surface area contributed by atoms with Crippen molar-refractivity contribution < 1.29 is 9.59 Å². The van der Waals surface area contributed by atoms with Crippen molar-refractivity contribution in [1.82, 2.24) is 39.7 Å². The van der Waals surface area contributed by atoms with Gasteiger partial charge in [-0.1, -0.05) is 6.07 Å². The number of rotatable bonds is 5. The molecule has 156 valence electrons. The maximum Gasteiger partial charge on any atom is 0.272 e. The Morgan fingerprint density at radius 1 is 1.33 bits per heavy atom. The second kappa shape index (κ2) is 7.93. The van der Waals surface area contributed by atoms with Crippen molar-refractivity contribution in [1.29, 1.82) is 0 Å². The van der Waals surface area contributed by atoms with E-state index in [1.165, 1.54) is 10.6 Å². The minimum Gasteiger partial charge on any atom is -0.341 e. The van der Waals surface area contributed by atoms with Crippen LogP contribution in [-0.4, -0.2) is 52.8 Å². The third-order valence-electron chi connectivity index (χ3n) is 5.19. The molecule has 1 unspecified atom stereocenters. The lowest BCUT2D eigenvalue weighted by molar-refractivity contribution is -0.132. The number of hydrogen-bond donors (Lipinski definition) is 2. The van der Waals surface area contributed by atoms with Crippen LogP contribution in [-0.2, 0) is 31.4 Å². The Kier molecular flexibility index (Phi) is 5.17. The molecule has 2 N–H and O–H groups in total. The Labute approximate surface area is 171 Å². The molecule has 0 spiro atoms. The molecule has 1 atom stereocenters. The van der Waals surface area contributed by atoms with Gasteiger partial charge < -0.3 is 19.4 Å². The summed E-state index contributed by atoms with van der Waals surface area (Å²) in [5, 5.41) is 17.8. The number of amides is 2. The van der Waals surface area contributed by atoms with Gasteiger partial charge >= 0.3 is 0 Å². The van der Waals surface area contributed by atoms with Crippen LogP contribution in [0.2, 0.25) is 0 Å². The van der Waals surface area contributed by atoms with E-state index >= 15 is 0 Å². The molecular formula is C19H22N8O3. The molecule has 11 heteroatoms. The van der Waals surface area contributed by atoms with Crippen LogP contribution >= 0.6 is 0 Å². The number of hydrogen-bond acceptors (Lipinski definition) is 6. The van der Waals surface area contributed by atoms with Crippen molar-refractivity contribution >= 4 is 11.8 Å². The zero-order valence-electron chi connectivity index (χ0n) is 16.7. The number of aromatic nitrogens is 6. The van der Waals surface area contributed by atoms with E-state index in [1.807, 2.05) is 14.0 Å². The smallest absolute Gasteiger partial charge is 0.272 e. The maximum atomic E-state index is 12.7. The summed E-state index contributed by atoms with van der Waals surface area (Å²) in [4.78, 5) is 38.8. The van der Waals surface area contributed by atoms with E-state index in [-0.39, 0.29) is 30.0 Å². The number of carbonyl (C=O) groups excluding carboxylic acids is 2. The van der Waals surface area contributed by atoms with Crippen LogP contribution in [0.1, 0.15) is 40.5 Å². The Morgan fingerprint density at radius 3 is 2.90 bits per heavy atom. The molecule has 0 aliphatic carbocycles. The van der Waals surface area contributed by atoms with Crippen molar-refractivity contribution in [3.8, 4) is 0 Å². The predicted molar refractivity (Wildman–Crippen MR) is 105 cm³/mol. The molecule has 4 heterocycles. The lowest BCUT2D eigenvalue weighted by atomic mass is 10.0. The van der Waals surface area contributed by atoms with Crippen molar-refractivity contribution in [3.05, 3.63) is 63.9 Å². The average molecular weight is 410 g/mol. The Balaban J connectivity index is 1.43. The van der Waals surface area contributed by atoms with Crippen molar-refractivity contribution in [2.24, 2.45) is 7.05 Å². The van der Waals surface area contributed by atoms with Gasteiger partial charge in [0.05, 0.1) is 18.3 Å². The standard InChI is InChI=1S/C19H22N8O3/c1-12(18-24-20-11-25(18)2)21-19(30)17-13-6-8-27(9-14(13)22-23-17)16(29)10-26-7-4-3-5-15(26)28/h3-5,7,11-12H,6,8-10H2,1-2H3,(H,21,30)(H,22,23). The van der Waals surface area contributed by atoms with Gasteiger partial charge in [-0.05, 0) is 19.4 Å². The summed E-state index contributed by atoms with van der Waals surface area (Å²) in [5.41, 5.74) is 1.64. The molecule has 0 fully saturated rings. The van der Waals surface area contributed by atoms with E-state index in [4.69, 9.17) is 0 Å². The summed E-state index contributed by atoms with van der Waals surface area (Å²) in [5.74, 6) is 0.171.